The average Bonchev–Trinajstić information content (AvgIpc) is 2.59. The molecule has 24 heavy (non-hydrogen) atoms. The number of rotatable bonds is 12. The zero-order chi connectivity index (χ0) is 17.8. The highest BCUT2D eigenvalue weighted by Crippen LogP contribution is 2.23. The Morgan fingerprint density at radius 2 is 1.83 bits per heavy atom. The summed E-state index contributed by atoms with van der Waals surface area (Å²) in [5, 5.41) is 3.76. The van der Waals surface area contributed by atoms with Crippen LogP contribution in [0.3, 0.4) is 0 Å². The molecule has 1 aromatic carbocycles. The maximum atomic E-state index is 12.7. The third-order valence-electron chi connectivity index (χ3n) is 3.82. The summed E-state index contributed by atoms with van der Waals surface area (Å²) in [5.74, 6) is 0.710. The summed E-state index contributed by atoms with van der Waals surface area (Å²) in [4.78, 5) is 12.7. The van der Waals surface area contributed by atoms with E-state index in [1.165, 1.54) is 0 Å². The fourth-order valence-electron chi connectivity index (χ4n) is 2.35. The lowest BCUT2D eigenvalue weighted by Gasteiger charge is -2.28. The molecule has 0 aliphatic heterocycles. The van der Waals surface area contributed by atoms with Gasteiger partial charge in [0, 0.05) is 17.6 Å². The predicted molar refractivity (Wildman–Crippen MR) is 103 cm³/mol. The maximum absolute atomic E-state index is 12.7. The zero-order valence-corrected chi connectivity index (χ0v) is 16.7. The van der Waals surface area contributed by atoms with E-state index < -0.39 is 5.60 Å². The van der Waals surface area contributed by atoms with Crippen LogP contribution in [0.2, 0.25) is 0 Å². The molecule has 0 fully saturated rings. The van der Waals surface area contributed by atoms with Crippen molar-refractivity contribution in [1.82, 2.24) is 0 Å². The zero-order valence-electron chi connectivity index (χ0n) is 15.1. The van der Waals surface area contributed by atoms with Crippen LogP contribution in [0, 0.1) is 0 Å². The van der Waals surface area contributed by atoms with E-state index in [1.807, 2.05) is 31.2 Å². The van der Waals surface area contributed by atoms with Gasteiger partial charge in [-0.15, -0.1) is 0 Å². The molecule has 5 heteroatoms. The Kier molecular flexibility index (Phi) is 10.0. The number of benzene rings is 1. The van der Waals surface area contributed by atoms with E-state index in [2.05, 4.69) is 35.1 Å². The van der Waals surface area contributed by atoms with Crippen LogP contribution in [0.25, 0.3) is 0 Å². The molecule has 0 spiro atoms. The minimum absolute atomic E-state index is 0.0822. The Morgan fingerprint density at radius 3 is 2.42 bits per heavy atom. The first-order chi connectivity index (χ1) is 11.6. The second-order valence-corrected chi connectivity index (χ2v) is 6.85. The molecular formula is C19H30BrNO3. The van der Waals surface area contributed by atoms with Crippen molar-refractivity contribution in [2.75, 3.05) is 23.9 Å². The van der Waals surface area contributed by atoms with Crippen molar-refractivity contribution in [2.45, 2.75) is 58.5 Å². The smallest absolute Gasteiger partial charge is 0.256 e. The van der Waals surface area contributed by atoms with Crippen molar-refractivity contribution < 1.29 is 14.3 Å². The highest BCUT2D eigenvalue weighted by Gasteiger charge is 2.33. The number of alkyl halides is 1. The number of carbonyl (C=O) groups is 1. The summed E-state index contributed by atoms with van der Waals surface area (Å²) in [5.41, 5.74) is -0.0240. The quantitative estimate of drug-likeness (QED) is 0.389. The molecule has 1 rings (SSSR count). The van der Waals surface area contributed by atoms with Gasteiger partial charge in [-0.3, -0.25) is 4.79 Å². The van der Waals surface area contributed by atoms with Crippen LogP contribution < -0.4 is 10.1 Å². The van der Waals surface area contributed by atoms with Gasteiger partial charge in [0.05, 0.1) is 6.61 Å². The van der Waals surface area contributed by atoms with Gasteiger partial charge in [-0.05, 0) is 44.0 Å². The number of hydrogen-bond acceptors (Lipinski definition) is 3. The molecule has 1 aromatic rings. The number of hydrogen-bond donors (Lipinski definition) is 1. The summed E-state index contributed by atoms with van der Waals surface area (Å²) >= 11 is 3.33. The second-order valence-electron chi connectivity index (χ2n) is 6.05. The molecule has 0 aliphatic rings. The number of nitrogens with one attached hydrogen (secondary N) is 1. The normalized spacial score (nSPS) is 13.3. The Bertz CT molecular complexity index is 478. The second kappa shape index (κ2) is 11.5. The lowest BCUT2D eigenvalue weighted by atomic mass is 9.96. The number of ether oxygens (including phenoxy) is 2. The van der Waals surface area contributed by atoms with Crippen molar-refractivity contribution in [3.8, 4) is 5.75 Å². The van der Waals surface area contributed by atoms with E-state index >= 15 is 0 Å². The molecule has 0 bridgehead atoms. The van der Waals surface area contributed by atoms with Gasteiger partial charge in [-0.25, -0.2) is 0 Å². The Hall–Kier alpha value is -1.07. The number of halogens is 1. The Morgan fingerprint density at radius 1 is 1.12 bits per heavy atom. The minimum atomic E-state index is -0.781. The van der Waals surface area contributed by atoms with Gasteiger partial charge in [0.15, 0.2) is 0 Å². The molecule has 0 aromatic heterocycles. The van der Waals surface area contributed by atoms with Crippen molar-refractivity contribution in [2.24, 2.45) is 0 Å². The van der Waals surface area contributed by atoms with Gasteiger partial charge in [0.2, 0.25) is 0 Å². The Labute approximate surface area is 154 Å². The van der Waals surface area contributed by atoms with E-state index in [0.717, 1.165) is 48.9 Å². The number of anilines is 1. The molecule has 0 aliphatic carbocycles. The molecule has 0 saturated carbocycles. The summed E-state index contributed by atoms with van der Waals surface area (Å²) in [6, 6.07) is 7.43. The fourth-order valence-corrected chi connectivity index (χ4v) is 2.51. The van der Waals surface area contributed by atoms with E-state index in [-0.39, 0.29) is 5.91 Å². The van der Waals surface area contributed by atoms with Crippen LogP contribution in [0.5, 0.6) is 5.75 Å². The van der Waals surface area contributed by atoms with Gasteiger partial charge in [0.25, 0.3) is 5.91 Å². The largest absolute Gasteiger partial charge is 0.493 e. The highest BCUT2D eigenvalue weighted by atomic mass is 79.9. The molecule has 1 N–H and O–H groups in total. The van der Waals surface area contributed by atoms with Crippen LogP contribution in [0.4, 0.5) is 5.69 Å². The minimum Gasteiger partial charge on any atom is -0.493 e. The molecule has 0 saturated heterocycles. The summed E-state index contributed by atoms with van der Waals surface area (Å²) < 4.78 is 11.4. The monoisotopic (exact) mass is 399 g/mol. The fraction of sp³-hybridized carbons (Fsp3) is 0.632. The number of amides is 1. The summed E-state index contributed by atoms with van der Waals surface area (Å²) in [6.07, 6.45) is 4.86. The lowest BCUT2D eigenvalue weighted by molar-refractivity contribution is -0.140. The van der Waals surface area contributed by atoms with Crippen LogP contribution in [0.1, 0.15) is 52.9 Å². The summed E-state index contributed by atoms with van der Waals surface area (Å²) in [7, 11) is 0. The third kappa shape index (κ3) is 7.22. The lowest BCUT2D eigenvalue weighted by Crippen LogP contribution is -2.43. The van der Waals surface area contributed by atoms with Crippen LogP contribution in [0.15, 0.2) is 24.3 Å². The van der Waals surface area contributed by atoms with E-state index in [1.54, 1.807) is 0 Å². The SMILES string of the molecule is CCCCC[C@@](C)(OCCC)C(=O)Nc1ccc(OCCBr)cc1. The maximum Gasteiger partial charge on any atom is 0.256 e. The highest BCUT2D eigenvalue weighted by molar-refractivity contribution is 9.09. The van der Waals surface area contributed by atoms with E-state index in [0.29, 0.717) is 13.2 Å². The Balaban J connectivity index is 2.68. The molecule has 1 atom stereocenters. The molecule has 136 valence electrons. The first-order valence-corrected chi connectivity index (χ1v) is 9.92. The molecular weight excluding hydrogens is 370 g/mol. The van der Waals surface area contributed by atoms with E-state index in [9.17, 15) is 4.79 Å². The van der Waals surface area contributed by atoms with Crippen molar-refractivity contribution >= 4 is 27.5 Å². The van der Waals surface area contributed by atoms with Crippen LogP contribution in [-0.4, -0.2) is 30.1 Å². The number of carbonyl (C=O) groups excluding carboxylic acids is 1. The van der Waals surface area contributed by atoms with Crippen molar-refractivity contribution in [3.05, 3.63) is 24.3 Å². The van der Waals surface area contributed by atoms with Gasteiger partial charge in [-0.1, -0.05) is 49.0 Å². The molecule has 0 radical (unpaired) electrons. The first-order valence-electron chi connectivity index (χ1n) is 8.80. The first kappa shape index (κ1) is 21.0. The predicted octanol–water partition coefficient (Wildman–Crippen LogP) is 5.16. The number of unbranched alkanes of at least 4 members (excludes halogenated alkanes) is 2. The van der Waals surface area contributed by atoms with Crippen LogP contribution >= 0.6 is 15.9 Å². The van der Waals surface area contributed by atoms with Gasteiger partial charge in [-0.2, -0.15) is 0 Å². The van der Waals surface area contributed by atoms with E-state index in [4.69, 9.17) is 9.47 Å². The topological polar surface area (TPSA) is 47.6 Å². The van der Waals surface area contributed by atoms with Gasteiger partial charge < -0.3 is 14.8 Å². The average molecular weight is 400 g/mol. The molecule has 1 amide bonds. The summed E-state index contributed by atoms with van der Waals surface area (Å²) in [6.45, 7) is 7.31. The third-order valence-corrected chi connectivity index (χ3v) is 4.14. The molecule has 0 unspecified atom stereocenters. The molecule has 4 nitrogen and oxygen atoms in total. The standard InChI is InChI=1S/C19H30BrNO3/c1-4-6-7-12-19(3,24-14-5-2)18(22)21-16-8-10-17(11-9-16)23-15-13-20/h8-11H,4-7,12-15H2,1-3H3,(H,21,22)/t19-/m1/s1. The van der Waals surface area contributed by atoms with Gasteiger partial charge in [0.1, 0.15) is 11.4 Å². The van der Waals surface area contributed by atoms with Gasteiger partial charge >= 0.3 is 0 Å². The van der Waals surface area contributed by atoms with Crippen molar-refractivity contribution in [3.63, 3.8) is 0 Å². The van der Waals surface area contributed by atoms with Crippen molar-refractivity contribution in [1.29, 1.82) is 0 Å². The molecule has 0 heterocycles. The van der Waals surface area contributed by atoms with Crippen LogP contribution in [-0.2, 0) is 9.53 Å².